The van der Waals surface area contributed by atoms with Gasteiger partial charge in [0.2, 0.25) is 0 Å². The van der Waals surface area contributed by atoms with E-state index >= 15 is 0 Å². The van der Waals surface area contributed by atoms with E-state index in [2.05, 4.69) is 26.0 Å². The Hall–Kier alpha value is -1.89. The zero-order chi connectivity index (χ0) is 13.5. The molecule has 96 valence electrons. The molecule has 2 aromatic carbocycles. The van der Waals surface area contributed by atoms with Gasteiger partial charge in [-0.3, -0.25) is 4.79 Å². The molecule has 0 aromatic heterocycles. The van der Waals surface area contributed by atoms with Crippen LogP contribution in [0.25, 0.3) is 11.1 Å². The normalized spacial score (nSPS) is 20.0. The molecule has 0 N–H and O–H groups in total. The summed E-state index contributed by atoms with van der Waals surface area (Å²) in [4.78, 5) is 12.3. The van der Waals surface area contributed by atoms with E-state index in [1.165, 1.54) is 5.56 Å². The highest BCUT2D eigenvalue weighted by atomic mass is 16.1. The van der Waals surface area contributed by atoms with E-state index in [9.17, 15) is 4.79 Å². The molecule has 1 nitrogen and oxygen atoms in total. The number of Topliss-reactive ketones (excluding diaryl/α,β-unsaturated/α-hetero) is 1. The van der Waals surface area contributed by atoms with Crippen molar-refractivity contribution in [3.05, 3.63) is 60.2 Å². The van der Waals surface area contributed by atoms with Crippen molar-refractivity contribution in [3.8, 4) is 11.1 Å². The third-order valence-electron chi connectivity index (χ3n) is 4.11. The van der Waals surface area contributed by atoms with Gasteiger partial charge in [0, 0.05) is 11.5 Å². The summed E-state index contributed by atoms with van der Waals surface area (Å²) < 4.78 is 0. The molecule has 2 aromatic rings. The number of carbonyl (C=O) groups excluding carboxylic acids is 1. The molecule has 0 spiro atoms. The Morgan fingerprint density at radius 1 is 0.947 bits per heavy atom. The first-order valence-corrected chi connectivity index (χ1v) is 6.78. The van der Waals surface area contributed by atoms with Crippen LogP contribution in [0, 0.1) is 11.3 Å². The van der Waals surface area contributed by atoms with Crippen LogP contribution in [0.1, 0.15) is 30.6 Å². The molecule has 1 unspecified atom stereocenters. The minimum absolute atomic E-state index is 0.204. The van der Waals surface area contributed by atoms with Crippen molar-refractivity contribution in [1.29, 1.82) is 0 Å². The number of carbonyl (C=O) groups is 1. The predicted octanol–water partition coefficient (Wildman–Crippen LogP) is 4.58. The lowest BCUT2D eigenvalue weighted by Gasteiger charge is -2.05. The van der Waals surface area contributed by atoms with Crippen LogP contribution in [0.2, 0.25) is 0 Å². The Kier molecular flexibility index (Phi) is 2.78. The average molecular weight is 250 g/mol. The van der Waals surface area contributed by atoms with Crippen LogP contribution in [0.15, 0.2) is 54.6 Å². The molecule has 1 aliphatic carbocycles. The number of hydrogen-bond acceptors (Lipinski definition) is 1. The second-order valence-corrected chi connectivity index (χ2v) is 6.05. The highest BCUT2D eigenvalue weighted by molar-refractivity contribution is 6.00. The van der Waals surface area contributed by atoms with Crippen molar-refractivity contribution >= 4 is 5.78 Å². The molecule has 3 rings (SSSR count). The summed E-state index contributed by atoms with van der Waals surface area (Å²) in [5, 5.41) is 0. The minimum atomic E-state index is 0.204. The van der Waals surface area contributed by atoms with E-state index in [0.29, 0.717) is 5.78 Å². The van der Waals surface area contributed by atoms with Crippen LogP contribution in [-0.4, -0.2) is 5.78 Å². The molecule has 0 heterocycles. The zero-order valence-electron chi connectivity index (χ0n) is 11.4. The first-order valence-electron chi connectivity index (χ1n) is 6.78. The summed E-state index contributed by atoms with van der Waals surface area (Å²) in [6, 6.07) is 18.2. The SMILES string of the molecule is CC1(C)CC1C(=O)c1ccc(-c2ccccc2)cc1. The molecule has 1 heteroatoms. The standard InChI is InChI=1S/C18H18O/c1-18(2)12-16(18)17(19)15-10-8-14(9-11-15)13-6-4-3-5-7-13/h3-11,16H,12H2,1-2H3. The molecular formula is C18H18O. The highest BCUT2D eigenvalue weighted by Crippen LogP contribution is 2.53. The monoisotopic (exact) mass is 250 g/mol. The molecule has 19 heavy (non-hydrogen) atoms. The van der Waals surface area contributed by atoms with Gasteiger partial charge in [-0.25, -0.2) is 0 Å². The van der Waals surface area contributed by atoms with E-state index in [0.717, 1.165) is 17.5 Å². The fourth-order valence-electron chi connectivity index (χ4n) is 2.57. The van der Waals surface area contributed by atoms with Gasteiger partial charge in [-0.15, -0.1) is 0 Å². The van der Waals surface area contributed by atoms with Crippen molar-refractivity contribution < 1.29 is 4.79 Å². The number of ketones is 1. The van der Waals surface area contributed by atoms with Gasteiger partial charge >= 0.3 is 0 Å². The van der Waals surface area contributed by atoms with Gasteiger partial charge in [0.25, 0.3) is 0 Å². The smallest absolute Gasteiger partial charge is 0.166 e. The molecule has 1 fully saturated rings. The predicted molar refractivity (Wildman–Crippen MR) is 78.1 cm³/mol. The summed E-state index contributed by atoms with van der Waals surface area (Å²) >= 11 is 0. The Morgan fingerprint density at radius 2 is 1.47 bits per heavy atom. The largest absolute Gasteiger partial charge is 0.294 e. The van der Waals surface area contributed by atoms with Gasteiger partial charge < -0.3 is 0 Å². The lowest BCUT2D eigenvalue weighted by atomic mass is 9.98. The summed E-state index contributed by atoms with van der Waals surface area (Å²) in [5.74, 6) is 0.514. The summed E-state index contributed by atoms with van der Waals surface area (Å²) in [6.45, 7) is 4.32. The molecule has 0 aliphatic heterocycles. The maximum atomic E-state index is 12.3. The Balaban J connectivity index is 1.82. The molecule has 1 aliphatic rings. The van der Waals surface area contributed by atoms with Crippen LogP contribution in [0.5, 0.6) is 0 Å². The zero-order valence-corrected chi connectivity index (χ0v) is 11.4. The molecule has 0 bridgehead atoms. The quantitative estimate of drug-likeness (QED) is 0.728. The third kappa shape index (κ3) is 2.33. The van der Waals surface area contributed by atoms with Gasteiger partial charge in [-0.2, -0.15) is 0 Å². The van der Waals surface area contributed by atoms with E-state index in [1.54, 1.807) is 0 Å². The van der Waals surface area contributed by atoms with Gasteiger partial charge in [-0.1, -0.05) is 68.4 Å². The molecule has 0 saturated heterocycles. The lowest BCUT2D eigenvalue weighted by Crippen LogP contribution is -2.06. The van der Waals surface area contributed by atoms with E-state index in [1.807, 2.05) is 42.5 Å². The van der Waals surface area contributed by atoms with E-state index < -0.39 is 0 Å². The number of hydrogen-bond donors (Lipinski definition) is 0. The van der Waals surface area contributed by atoms with Crippen molar-refractivity contribution in [2.75, 3.05) is 0 Å². The first-order chi connectivity index (χ1) is 9.08. The minimum Gasteiger partial charge on any atom is -0.294 e. The van der Waals surface area contributed by atoms with Crippen molar-refractivity contribution in [2.24, 2.45) is 11.3 Å². The molecular weight excluding hydrogens is 232 g/mol. The van der Waals surface area contributed by atoms with Crippen LogP contribution < -0.4 is 0 Å². The number of rotatable bonds is 3. The second-order valence-electron chi connectivity index (χ2n) is 6.05. The van der Waals surface area contributed by atoms with Gasteiger partial charge in [0.1, 0.15) is 0 Å². The Morgan fingerprint density at radius 3 is 2.00 bits per heavy atom. The van der Waals surface area contributed by atoms with Crippen LogP contribution in [-0.2, 0) is 0 Å². The van der Waals surface area contributed by atoms with Crippen molar-refractivity contribution in [3.63, 3.8) is 0 Å². The third-order valence-corrected chi connectivity index (χ3v) is 4.11. The second kappa shape index (κ2) is 4.34. The van der Waals surface area contributed by atoms with E-state index in [-0.39, 0.29) is 11.3 Å². The van der Waals surface area contributed by atoms with Gasteiger partial charge in [0.15, 0.2) is 5.78 Å². The maximum Gasteiger partial charge on any atom is 0.166 e. The first kappa shape index (κ1) is 12.2. The molecule has 0 amide bonds. The van der Waals surface area contributed by atoms with E-state index in [4.69, 9.17) is 0 Å². The fraction of sp³-hybridized carbons (Fsp3) is 0.278. The Bertz CT molecular complexity index is 593. The van der Waals surface area contributed by atoms with Crippen molar-refractivity contribution in [1.82, 2.24) is 0 Å². The highest BCUT2D eigenvalue weighted by Gasteiger charge is 2.50. The molecule has 0 radical (unpaired) electrons. The van der Waals surface area contributed by atoms with Crippen molar-refractivity contribution in [2.45, 2.75) is 20.3 Å². The van der Waals surface area contributed by atoms with Gasteiger partial charge in [-0.05, 0) is 23.0 Å². The van der Waals surface area contributed by atoms with Crippen LogP contribution in [0.4, 0.5) is 0 Å². The number of benzene rings is 2. The molecule has 1 atom stereocenters. The molecule has 1 saturated carbocycles. The average Bonchev–Trinajstić information content (AvgIpc) is 3.08. The summed E-state index contributed by atoms with van der Waals surface area (Å²) in [7, 11) is 0. The Labute approximate surface area is 114 Å². The summed E-state index contributed by atoms with van der Waals surface area (Å²) in [5.41, 5.74) is 3.39. The van der Waals surface area contributed by atoms with Crippen LogP contribution >= 0.6 is 0 Å². The topological polar surface area (TPSA) is 17.1 Å². The lowest BCUT2D eigenvalue weighted by molar-refractivity contribution is 0.0953. The fourth-order valence-corrected chi connectivity index (χ4v) is 2.57. The summed E-state index contributed by atoms with van der Waals surface area (Å²) in [6.07, 6.45) is 1.02. The van der Waals surface area contributed by atoms with Gasteiger partial charge in [0.05, 0.1) is 0 Å². The maximum absolute atomic E-state index is 12.3. The van der Waals surface area contributed by atoms with Crippen LogP contribution in [0.3, 0.4) is 0 Å².